The second kappa shape index (κ2) is 7.09. The molecule has 0 bridgehead atoms. The molecule has 0 aliphatic heterocycles. The summed E-state index contributed by atoms with van der Waals surface area (Å²) < 4.78 is 0. The highest BCUT2D eigenvalue weighted by Crippen LogP contribution is 2.38. The third-order valence-electron chi connectivity index (χ3n) is 3.68. The van der Waals surface area contributed by atoms with Crippen LogP contribution in [0.1, 0.15) is 16.7 Å². The molecule has 0 unspecified atom stereocenters. The summed E-state index contributed by atoms with van der Waals surface area (Å²) in [5.74, 6) is 0.136. The molecule has 0 amide bonds. The zero-order valence-corrected chi connectivity index (χ0v) is 14.3. The molecule has 2 N–H and O–H groups in total. The molecule has 0 fully saturated rings. The lowest BCUT2D eigenvalue weighted by molar-refractivity contribution is 1.11. The summed E-state index contributed by atoms with van der Waals surface area (Å²) in [6.45, 7) is 1.96. The lowest BCUT2D eigenvalue weighted by Gasteiger charge is -2.13. The largest absolute Gasteiger partial charge is 0.383 e. The lowest BCUT2D eigenvalue weighted by Crippen LogP contribution is -2.03. The van der Waals surface area contributed by atoms with Crippen molar-refractivity contribution in [3.05, 3.63) is 71.3 Å². The molecule has 120 valence electrons. The van der Waals surface area contributed by atoms with Gasteiger partial charge < -0.3 is 5.73 Å². The molecular weight excluding hydrogens is 328 g/mol. The molecule has 0 aliphatic rings. The van der Waals surface area contributed by atoms with Gasteiger partial charge in [0, 0.05) is 10.5 Å². The molecule has 5 heteroatoms. The lowest BCUT2D eigenvalue weighted by atomic mass is 9.96. The summed E-state index contributed by atoms with van der Waals surface area (Å²) in [5, 5.41) is 19.8. The van der Waals surface area contributed by atoms with Gasteiger partial charge in [-0.25, -0.2) is 4.98 Å². The van der Waals surface area contributed by atoms with Crippen molar-refractivity contribution in [1.82, 2.24) is 4.98 Å². The molecule has 0 atom stereocenters. The van der Waals surface area contributed by atoms with Crippen LogP contribution in [0, 0.1) is 29.6 Å². The molecule has 2 aromatic carbocycles. The smallest absolute Gasteiger partial charge is 0.143 e. The molecule has 1 heterocycles. The van der Waals surface area contributed by atoms with Crippen molar-refractivity contribution in [3.8, 4) is 23.3 Å². The Morgan fingerprint density at radius 1 is 0.960 bits per heavy atom. The summed E-state index contributed by atoms with van der Waals surface area (Å²) in [6, 6.07) is 21.6. The van der Waals surface area contributed by atoms with Crippen LogP contribution in [0.4, 0.5) is 5.82 Å². The Hall–Kier alpha value is -3.28. The van der Waals surface area contributed by atoms with E-state index >= 15 is 0 Å². The van der Waals surface area contributed by atoms with Crippen LogP contribution in [0.25, 0.3) is 11.1 Å². The molecule has 0 radical (unpaired) electrons. The van der Waals surface area contributed by atoms with E-state index in [1.165, 1.54) is 11.8 Å². The summed E-state index contributed by atoms with van der Waals surface area (Å²) in [5.41, 5.74) is 9.00. The number of aryl methyl sites for hydroxylation is 1. The van der Waals surface area contributed by atoms with E-state index < -0.39 is 0 Å². The Bertz CT molecular complexity index is 1010. The van der Waals surface area contributed by atoms with E-state index in [1.807, 2.05) is 61.5 Å². The minimum atomic E-state index is 0.136. The highest BCUT2D eigenvalue weighted by Gasteiger charge is 2.20. The van der Waals surface area contributed by atoms with Gasteiger partial charge >= 0.3 is 0 Å². The number of aromatic nitrogens is 1. The van der Waals surface area contributed by atoms with Gasteiger partial charge in [0.1, 0.15) is 28.5 Å². The fourth-order valence-corrected chi connectivity index (χ4v) is 3.47. The molecule has 0 saturated carbocycles. The number of nitriles is 2. The van der Waals surface area contributed by atoms with Gasteiger partial charge in [-0.15, -0.1) is 0 Å². The van der Waals surface area contributed by atoms with Crippen molar-refractivity contribution < 1.29 is 0 Å². The van der Waals surface area contributed by atoms with Crippen LogP contribution in [-0.4, -0.2) is 4.98 Å². The maximum atomic E-state index is 9.77. The fourth-order valence-electron chi connectivity index (χ4n) is 2.56. The predicted octanol–water partition coefficient (Wildman–Crippen LogP) is 4.53. The standard InChI is InChI=1S/C20H14N4S/c1-13-6-5-7-14(10-13)18-16(11-21)19(23)24-20(17(18)12-22)25-15-8-3-2-4-9-15/h2-10H,1H3,(H2,23,24). The maximum absolute atomic E-state index is 9.77. The van der Waals surface area contributed by atoms with Crippen LogP contribution in [0.15, 0.2) is 64.5 Å². The summed E-state index contributed by atoms with van der Waals surface area (Å²) >= 11 is 1.36. The van der Waals surface area contributed by atoms with Crippen molar-refractivity contribution in [1.29, 1.82) is 10.5 Å². The van der Waals surface area contributed by atoms with Crippen LogP contribution >= 0.6 is 11.8 Å². The first-order valence-corrected chi connectivity index (χ1v) is 8.39. The number of pyridine rings is 1. The van der Waals surface area contributed by atoms with Crippen molar-refractivity contribution in [2.45, 2.75) is 16.8 Å². The molecule has 3 aromatic rings. The highest BCUT2D eigenvalue weighted by atomic mass is 32.2. The quantitative estimate of drug-likeness (QED) is 0.755. The SMILES string of the molecule is Cc1cccc(-c2c(C#N)c(N)nc(Sc3ccccc3)c2C#N)c1. The summed E-state index contributed by atoms with van der Waals surface area (Å²) in [4.78, 5) is 5.26. The third kappa shape index (κ3) is 3.33. The van der Waals surface area contributed by atoms with Crippen molar-refractivity contribution in [2.24, 2.45) is 0 Å². The number of nitrogens with zero attached hydrogens (tertiary/aromatic N) is 3. The molecule has 0 aliphatic carbocycles. The van der Waals surface area contributed by atoms with Gasteiger partial charge in [-0.2, -0.15) is 10.5 Å². The molecule has 25 heavy (non-hydrogen) atoms. The maximum Gasteiger partial charge on any atom is 0.143 e. The van der Waals surface area contributed by atoms with E-state index in [4.69, 9.17) is 5.73 Å². The second-order valence-electron chi connectivity index (χ2n) is 5.44. The Balaban J connectivity index is 2.26. The molecule has 0 saturated heterocycles. The van der Waals surface area contributed by atoms with Gasteiger partial charge in [-0.3, -0.25) is 0 Å². The molecule has 4 nitrogen and oxygen atoms in total. The fraction of sp³-hybridized carbons (Fsp3) is 0.0500. The average Bonchev–Trinajstić information content (AvgIpc) is 2.62. The monoisotopic (exact) mass is 342 g/mol. The minimum Gasteiger partial charge on any atom is -0.383 e. The number of hydrogen-bond acceptors (Lipinski definition) is 5. The highest BCUT2D eigenvalue weighted by molar-refractivity contribution is 7.99. The van der Waals surface area contributed by atoms with Crippen LogP contribution in [0.5, 0.6) is 0 Å². The number of benzene rings is 2. The number of anilines is 1. The van der Waals surface area contributed by atoms with Crippen LogP contribution in [0.3, 0.4) is 0 Å². The van der Waals surface area contributed by atoms with Crippen molar-refractivity contribution >= 4 is 17.6 Å². The zero-order chi connectivity index (χ0) is 17.8. The van der Waals surface area contributed by atoms with E-state index in [-0.39, 0.29) is 11.4 Å². The average molecular weight is 342 g/mol. The first kappa shape index (κ1) is 16.6. The van der Waals surface area contributed by atoms with Gasteiger partial charge in [-0.1, -0.05) is 59.8 Å². The summed E-state index contributed by atoms with van der Waals surface area (Å²) in [6.07, 6.45) is 0. The van der Waals surface area contributed by atoms with Crippen LogP contribution in [-0.2, 0) is 0 Å². The Morgan fingerprint density at radius 2 is 1.68 bits per heavy atom. The molecular formula is C20H14N4S. The first-order chi connectivity index (χ1) is 12.1. The van der Waals surface area contributed by atoms with Gasteiger partial charge in [0.2, 0.25) is 0 Å². The van der Waals surface area contributed by atoms with Gasteiger partial charge in [0.05, 0.1) is 5.56 Å². The molecule has 1 aromatic heterocycles. The van der Waals surface area contributed by atoms with Crippen LogP contribution < -0.4 is 5.73 Å². The molecule has 0 spiro atoms. The van der Waals surface area contributed by atoms with E-state index in [9.17, 15) is 10.5 Å². The predicted molar refractivity (Wildman–Crippen MR) is 98.8 cm³/mol. The van der Waals surface area contributed by atoms with E-state index in [0.29, 0.717) is 16.2 Å². The zero-order valence-electron chi connectivity index (χ0n) is 13.5. The van der Waals surface area contributed by atoms with Crippen molar-refractivity contribution in [3.63, 3.8) is 0 Å². The minimum absolute atomic E-state index is 0.136. The first-order valence-electron chi connectivity index (χ1n) is 7.57. The topological polar surface area (TPSA) is 86.5 Å². The van der Waals surface area contributed by atoms with Crippen molar-refractivity contribution in [2.75, 3.05) is 5.73 Å². The van der Waals surface area contributed by atoms with Crippen LogP contribution in [0.2, 0.25) is 0 Å². The van der Waals surface area contributed by atoms with Gasteiger partial charge in [-0.05, 0) is 24.6 Å². The summed E-state index contributed by atoms with van der Waals surface area (Å²) in [7, 11) is 0. The number of hydrogen-bond donors (Lipinski definition) is 1. The second-order valence-corrected chi connectivity index (χ2v) is 6.50. The number of nitrogen functional groups attached to an aromatic ring is 1. The third-order valence-corrected chi connectivity index (χ3v) is 4.68. The molecule has 3 rings (SSSR count). The number of rotatable bonds is 3. The van der Waals surface area contributed by atoms with E-state index in [0.717, 1.165) is 16.0 Å². The number of nitrogens with two attached hydrogens (primary N) is 1. The van der Waals surface area contributed by atoms with Gasteiger partial charge in [0.25, 0.3) is 0 Å². The Kier molecular flexibility index (Phi) is 4.70. The van der Waals surface area contributed by atoms with E-state index in [1.54, 1.807) is 0 Å². The van der Waals surface area contributed by atoms with Gasteiger partial charge in [0.15, 0.2) is 0 Å². The normalized spacial score (nSPS) is 10.0. The Morgan fingerprint density at radius 3 is 2.32 bits per heavy atom. The van der Waals surface area contributed by atoms with E-state index in [2.05, 4.69) is 17.1 Å². The Labute approximate surface area is 150 Å².